The van der Waals surface area contributed by atoms with Crippen LogP contribution in [0.4, 0.5) is 0 Å². The van der Waals surface area contributed by atoms with Crippen molar-refractivity contribution in [1.82, 2.24) is 0 Å². The first-order valence-corrected chi connectivity index (χ1v) is 5.86. The standard InChI is InChI=1S/C12H17BrO3/c1-12(2,7-14)6-8-4-5-9(16-3)11(15)10(8)13/h4-5,14-15H,6-7H2,1-3H3. The zero-order valence-electron chi connectivity index (χ0n) is 9.75. The zero-order valence-corrected chi connectivity index (χ0v) is 11.3. The van der Waals surface area contributed by atoms with Crippen LogP contribution in [0.25, 0.3) is 0 Å². The lowest BCUT2D eigenvalue weighted by atomic mass is 9.86. The number of halogens is 1. The van der Waals surface area contributed by atoms with E-state index in [-0.39, 0.29) is 17.8 Å². The fourth-order valence-electron chi connectivity index (χ4n) is 1.46. The predicted molar refractivity (Wildman–Crippen MR) is 66.9 cm³/mol. The SMILES string of the molecule is COc1ccc(CC(C)(C)CO)c(Br)c1O. The average molecular weight is 289 g/mol. The Kier molecular flexibility index (Phi) is 4.21. The van der Waals surface area contributed by atoms with Crippen molar-refractivity contribution in [2.75, 3.05) is 13.7 Å². The second-order valence-electron chi connectivity index (χ2n) is 4.59. The third-order valence-electron chi connectivity index (χ3n) is 2.48. The van der Waals surface area contributed by atoms with E-state index in [2.05, 4.69) is 15.9 Å². The van der Waals surface area contributed by atoms with Gasteiger partial charge in [-0.05, 0) is 39.4 Å². The quantitative estimate of drug-likeness (QED) is 0.896. The number of aliphatic hydroxyl groups excluding tert-OH is 1. The van der Waals surface area contributed by atoms with Gasteiger partial charge in [0.25, 0.3) is 0 Å². The maximum atomic E-state index is 9.81. The van der Waals surface area contributed by atoms with Gasteiger partial charge in [0.15, 0.2) is 11.5 Å². The lowest BCUT2D eigenvalue weighted by Crippen LogP contribution is -2.19. The second-order valence-corrected chi connectivity index (χ2v) is 5.38. The van der Waals surface area contributed by atoms with Gasteiger partial charge in [0.1, 0.15) is 0 Å². The van der Waals surface area contributed by atoms with Gasteiger partial charge >= 0.3 is 0 Å². The number of rotatable bonds is 4. The van der Waals surface area contributed by atoms with E-state index >= 15 is 0 Å². The summed E-state index contributed by atoms with van der Waals surface area (Å²) in [4.78, 5) is 0. The van der Waals surface area contributed by atoms with E-state index < -0.39 is 0 Å². The first kappa shape index (κ1) is 13.3. The number of phenolic OH excluding ortho intramolecular Hbond substituents is 1. The van der Waals surface area contributed by atoms with Crippen molar-refractivity contribution in [2.45, 2.75) is 20.3 Å². The molecule has 1 rings (SSSR count). The summed E-state index contributed by atoms with van der Waals surface area (Å²) in [5.41, 5.74) is 0.751. The lowest BCUT2D eigenvalue weighted by Gasteiger charge is -2.22. The van der Waals surface area contributed by atoms with Crippen LogP contribution >= 0.6 is 15.9 Å². The molecule has 0 fully saturated rings. The highest BCUT2D eigenvalue weighted by molar-refractivity contribution is 9.10. The Morgan fingerprint density at radius 1 is 1.38 bits per heavy atom. The average Bonchev–Trinajstić information content (AvgIpc) is 2.25. The molecule has 3 nitrogen and oxygen atoms in total. The van der Waals surface area contributed by atoms with Gasteiger partial charge in [-0.3, -0.25) is 0 Å². The minimum absolute atomic E-state index is 0.103. The first-order valence-electron chi connectivity index (χ1n) is 5.06. The summed E-state index contributed by atoms with van der Waals surface area (Å²) in [7, 11) is 1.51. The highest BCUT2D eigenvalue weighted by atomic mass is 79.9. The maximum absolute atomic E-state index is 9.81. The number of phenols is 1. The minimum Gasteiger partial charge on any atom is -0.503 e. The van der Waals surface area contributed by atoms with Crippen molar-refractivity contribution in [3.8, 4) is 11.5 Å². The summed E-state index contributed by atoms with van der Waals surface area (Å²) in [5.74, 6) is 0.547. The molecule has 1 aromatic carbocycles. The molecule has 0 heterocycles. The summed E-state index contributed by atoms with van der Waals surface area (Å²) in [5, 5.41) is 19.0. The van der Waals surface area contributed by atoms with E-state index in [9.17, 15) is 10.2 Å². The van der Waals surface area contributed by atoms with Crippen LogP contribution < -0.4 is 4.74 Å². The van der Waals surface area contributed by atoms with Gasteiger partial charge in [-0.2, -0.15) is 0 Å². The molecule has 0 saturated carbocycles. The van der Waals surface area contributed by atoms with Crippen LogP contribution in [0.5, 0.6) is 11.5 Å². The van der Waals surface area contributed by atoms with Gasteiger partial charge in [0, 0.05) is 6.61 Å². The summed E-state index contributed by atoms with van der Waals surface area (Å²) in [6.45, 7) is 4.05. The van der Waals surface area contributed by atoms with E-state index in [4.69, 9.17) is 4.74 Å². The molecule has 0 aromatic heterocycles. The van der Waals surface area contributed by atoms with E-state index in [1.165, 1.54) is 7.11 Å². The van der Waals surface area contributed by atoms with Gasteiger partial charge in [-0.25, -0.2) is 0 Å². The molecule has 90 valence electrons. The normalized spacial score (nSPS) is 11.6. The molecule has 0 amide bonds. The predicted octanol–water partition coefficient (Wildman–Crippen LogP) is 2.72. The molecule has 0 aliphatic rings. The molecule has 0 saturated heterocycles. The molecule has 0 atom stereocenters. The Morgan fingerprint density at radius 2 is 2.00 bits per heavy atom. The molecule has 0 unspecified atom stereocenters. The molecule has 4 heteroatoms. The number of aromatic hydroxyl groups is 1. The van der Waals surface area contributed by atoms with Gasteiger partial charge in [-0.15, -0.1) is 0 Å². The largest absolute Gasteiger partial charge is 0.503 e. The van der Waals surface area contributed by atoms with E-state index in [0.717, 1.165) is 5.56 Å². The van der Waals surface area contributed by atoms with Crippen molar-refractivity contribution in [3.05, 3.63) is 22.2 Å². The molecule has 0 aliphatic carbocycles. The smallest absolute Gasteiger partial charge is 0.172 e. The fourth-order valence-corrected chi connectivity index (χ4v) is 1.93. The van der Waals surface area contributed by atoms with Crippen LogP contribution in [0.1, 0.15) is 19.4 Å². The number of aliphatic hydroxyl groups is 1. The van der Waals surface area contributed by atoms with Crippen LogP contribution in [0.3, 0.4) is 0 Å². The van der Waals surface area contributed by atoms with Gasteiger partial charge in [0.05, 0.1) is 11.6 Å². The Hall–Kier alpha value is -0.740. The number of ether oxygens (including phenoxy) is 1. The van der Waals surface area contributed by atoms with Crippen molar-refractivity contribution >= 4 is 15.9 Å². The number of benzene rings is 1. The molecule has 0 spiro atoms. The Morgan fingerprint density at radius 3 is 2.50 bits per heavy atom. The van der Waals surface area contributed by atoms with Crippen molar-refractivity contribution in [1.29, 1.82) is 0 Å². The highest BCUT2D eigenvalue weighted by Gasteiger charge is 2.20. The molecule has 0 aliphatic heterocycles. The monoisotopic (exact) mass is 288 g/mol. The van der Waals surface area contributed by atoms with Crippen LogP contribution in [-0.4, -0.2) is 23.9 Å². The second kappa shape index (κ2) is 5.06. The molecule has 0 radical (unpaired) electrons. The van der Waals surface area contributed by atoms with Crippen LogP contribution in [0, 0.1) is 5.41 Å². The Balaban J connectivity index is 3.04. The van der Waals surface area contributed by atoms with Crippen LogP contribution in [-0.2, 0) is 6.42 Å². The summed E-state index contributed by atoms with van der Waals surface area (Å²) >= 11 is 3.34. The number of hydrogen-bond donors (Lipinski definition) is 2. The molecule has 2 N–H and O–H groups in total. The zero-order chi connectivity index (χ0) is 12.3. The summed E-state index contributed by atoms with van der Waals surface area (Å²) < 4.78 is 5.64. The van der Waals surface area contributed by atoms with Crippen LogP contribution in [0.2, 0.25) is 0 Å². The maximum Gasteiger partial charge on any atom is 0.172 e. The van der Waals surface area contributed by atoms with Crippen molar-refractivity contribution < 1.29 is 14.9 Å². The Bertz CT molecular complexity index is 375. The first-order chi connectivity index (χ1) is 7.41. The number of hydrogen-bond acceptors (Lipinski definition) is 3. The third-order valence-corrected chi connectivity index (χ3v) is 3.36. The molecule has 16 heavy (non-hydrogen) atoms. The molecule has 0 bridgehead atoms. The van der Waals surface area contributed by atoms with Gasteiger partial charge in [0.2, 0.25) is 0 Å². The van der Waals surface area contributed by atoms with E-state index in [1.54, 1.807) is 6.07 Å². The fraction of sp³-hybridized carbons (Fsp3) is 0.500. The van der Waals surface area contributed by atoms with Gasteiger partial charge in [-0.1, -0.05) is 19.9 Å². The molecule has 1 aromatic rings. The van der Waals surface area contributed by atoms with Crippen molar-refractivity contribution in [3.63, 3.8) is 0 Å². The minimum atomic E-state index is -0.205. The van der Waals surface area contributed by atoms with E-state index in [1.807, 2.05) is 19.9 Å². The summed E-state index contributed by atoms with van der Waals surface area (Å²) in [6.07, 6.45) is 0.682. The topological polar surface area (TPSA) is 49.7 Å². The number of methoxy groups -OCH3 is 1. The third kappa shape index (κ3) is 2.89. The van der Waals surface area contributed by atoms with Crippen LogP contribution in [0.15, 0.2) is 16.6 Å². The molecular formula is C12H17BrO3. The summed E-state index contributed by atoms with van der Waals surface area (Å²) in [6, 6.07) is 3.61. The van der Waals surface area contributed by atoms with E-state index in [0.29, 0.717) is 16.6 Å². The lowest BCUT2D eigenvalue weighted by molar-refractivity contribution is 0.159. The Labute approximate surface area is 104 Å². The van der Waals surface area contributed by atoms with Crippen molar-refractivity contribution in [2.24, 2.45) is 5.41 Å². The molecular weight excluding hydrogens is 272 g/mol. The highest BCUT2D eigenvalue weighted by Crippen LogP contribution is 2.38. The van der Waals surface area contributed by atoms with Gasteiger partial charge < -0.3 is 14.9 Å².